The number of benzene rings is 2. The molecule has 1 heterocycles. The number of hydrogen-bond donors (Lipinski definition) is 0. The molecule has 3 atom stereocenters. The van der Waals surface area contributed by atoms with E-state index in [0.29, 0.717) is 28.0 Å². The maximum Gasteiger partial charge on any atom is 0.282 e. The third-order valence-corrected chi connectivity index (χ3v) is 6.75. The van der Waals surface area contributed by atoms with Gasteiger partial charge in [0.05, 0.1) is 25.5 Å². The van der Waals surface area contributed by atoms with E-state index in [4.69, 9.17) is 25.9 Å². The number of nitrogens with zero attached hydrogens (tertiary/aromatic N) is 1. The molecule has 0 radical (unpaired) electrons. The molecule has 2 aliphatic carbocycles. The number of rotatable bonds is 5. The topological polar surface area (TPSA) is 48.0 Å². The molecule has 3 aliphatic rings. The summed E-state index contributed by atoms with van der Waals surface area (Å²) in [5.41, 5.74) is 2.86. The number of anilines is 1. The molecule has 30 heavy (non-hydrogen) atoms. The first-order valence-corrected chi connectivity index (χ1v) is 10.7. The highest BCUT2D eigenvalue weighted by Gasteiger charge is 2.41. The van der Waals surface area contributed by atoms with Gasteiger partial charge in [0.15, 0.2) is 11.5 Å². The Hall–Kier alpha value is -2.50. The number of halogens is 1. The second kappa shape index (κ2) is 7.64. The summed E-state index contributed by atoms with van der Waals surface area (Å²) in [6.07, 6.45) is 7.09. The van der Waals surface area contributed by atoms with Crippen molar-refractivity contribution in [2.75, 3.05) is 19.3 Å². The number of methoxy groups -OCH3 is 1. The average molecular weight is 426 g/mol. The van der Waals surface area contributed by atoms with Crippen molar-refractivity contribution in [1.29, 1.82) is 0 Å². The molecule has 0 saturated heterocycles. The molecule has 2 aromatic rings. The normalized spacial score (nSPS) is 25.8. The van der Waals surface area contributed by atoms with Gasteiger partial charge in [-0.05, 0) is 73.4 Å². The molecule has 2 saturated carbocycles. The van der Waals surface area contributed by atoms with Crippen molar-refractivity contribution in [1.82, 2.24) is 0 Å². The van der Waals surface area contributed by atoms with Crippen molar-refractivity contribution in [3.8, 4) is 11.5 Å². The molecule has 5 rings (SSSR count). The van der Waals surface area contributed by atoms with E-state index in [1.807, 2.05) is 30.3 Å². The van der Waals surface area contributed by atoms with Gasteiger partial charge < -0.3 is 9.47 Å². The van der Waals surface area contributed by atoms with Crippen LogP contribution in [0.3, 0.4) is 0 Å². The predicted molar refractivity (Wildman–Crippen MR) is 117 cm³/mol. The third-order valence-electron chi connectivity index (χ3n) is 6.52. The first-order chi connectivity index (χ1) is 14.6. The lowest BCUT2D eigenvalue weighted by molar-refractivity contribution is -0.118. The average Bonchev–Trinajstić information content (AvgIpc) is 3.42. The molecule has 0 N–H and O–H groups in total. The van der Waals surface area contributed by atoms with Crippen molar-refractivity contribution in [3.05, 3.63) is 52.5 Å². The lowest BCUT2D eigenvalue weighted by Gasteiger charge is -2.24. The number of hydroxylamine groups is 1. The molecule has 0 aromatic heterocycles. The van der Waals surface area contributed by atoms with Crippen LogP contribution in [0.2, 0.25) is 5.02 Å². The van der Waals surface area contributed by atoms with Crippen LogP contribution in [-0.4, -0.2) is 26.2 Å². The summed E-state index contributed by atoms with van der Waals surface area (Å²) in [4.78, 5) is 18.2. The lowest BCUT2D eigenvalue weighted by Crippen LogP contribution is -2.24. The standard InChI is InChI=1S/C24H24ClNO4/c1-28-21-8-4-15(12-23(21)30-22-11-14-3-5-16(22)9-14)10-19-18-7-6-17(25)13-20(18)26(29-2)24(19)27/h4,6-8,10,12-14,16,22H,3,5,9,11H2,1-2H3/b19-10+/t14-,16+,22+/m1/s1. The highest BCUT2D eigenvalue weighted by molar-refractivity contribution is 6.36. The van der Waals surface area contributed by atoms with Gasteiger partial charge in [-0.1, -0.05) is 23.7 Å². The van der Waals surface area contributed by atoms with Gasteiger partial charge in [0.2, 0.25) is 0 Å². The molecular formula is C24H24ClNO4. The predicted octanol–water partition coefficient (Wildman–Crippen LogP) is 5.36. The van der Waals surface area contributed by atoms with Gasteiger partial charge in [-0.3, -0.25) is 9.63 Å². The molecule has 2 aromatic carbocycles. The van der Waals surface area contributed by atoms with Crippen LogP contribution < -0.4 is 14.5 Å². The number of ether oxygens (including phenoxy) is 2. The molecular weight excluding hydrogens is 402 g/mol. The van der Waals surface area contributed by atoms with Crippen molar-refractivity contribution in [2.24, 2.45) is 11.8 Å². The zero-order valence-electron chi connectivity index (χ0n) is 17.1. The Labute approximate surface area is 181 Å². The van der Waals surface area contributed by atoms with Crippen LogP contribution >= 0.6 is 11.6 Å². The molecule has 5 nitrogen and oxygen atoms in total. The summed E-state index contributed by atoms with van der Waals surface area (Å²) in [5.74, 6) is 2.67. The van der Waals surface area contributed by atoms with Crippen molar-refractivity contribution in [3.63, 3.8) is 0 Å². The zero-order chi connectivity index (χ0) is 20.8. The van der Waals surface area contributed by atoms with Crippen LogP contribution in [0.1, 0.15) is 36.8 Å². The quantitative estimate of drug-likeness (QED) is 0.604. The molecule has 6 heteroatoms. The Morgan fingerprint density at radius 3 is 2.63 bits per heavy atom. The van der Waals surface area contributed by atoms with Gasteiger partial charge >= 0.3 is 0 Å². The second-order valence-electron chi connectivity index (χ2n) is 8.24. The van der Waals surface area contributed by atoms with Crippen molar-refractivity contribution in [2.45, 2.75) is 31.8 Å². The Bertz CT molecular complexity index is 1030. The monoisotopic (exact) mass is 425 g/mol. The molecule has 1 aliphatic heterocycles. The van der Waals surface area contributed by atoms with E-state index < -0.39 is 0 Å². The molecule has 0 unspecified atom stereocenters. The van der Waals surface area contributed by atoms with Crippen LogP contribution in [0.25, 0.3) is 11.6 Å². The Morgan fingerprint density at radius 2 is 1.93 bits per heavy atom. The van der Waals surface area contributed by atoms with Crippen LogP contribution in [0.4, 0.5) is 5.69 Å². The van der Waals surface area contributed by atoms with E-state index in [9.17, 15) is 4.79 Å². The number of amides is 1. The van der Waals surface area contributed by atoms with E-state index in [1.165, 1.54) is 31.4 Å². The highest BCUT2D eigenvalue weighted by Crippen LogP contribution is 2.47. The van der Waals surface area contributed by atoms with E-state index in [-0.39, 0.29) is 12.0 Å². The van der Waals surface area contributed by atoms with Crippen LogP contribution in [0.5, 0.6) is 11.5 Å². The largest absolute Gasteiger partial charge is 0.493 e. The summed E-state index contributed by atoms with van der Waals surface area (Å²) < 4.78 is 11.9. The Kier molecular flexibility index (Phi) is 4.95. The number of carbonyl (C=O) groups is 1. The van der Waals surface area contributed by atoms with Crippen LogP contribution in [-0.2, 0) is 9.63 Å². The van der Waals surface area contributed by atoms with Crippen LogP contribution in [0, 0.1) is 11.8 Å². The fourth-order valence-electron chi connectivity index (χ4n) is 5.09. The summed E-state index contributed by atoms with van der Waals surface area (Å²) in [6.45, 7) is 0. The third kappa shape index (κ3) is 3.26. The summed E-state index contributed by atoms with van der Waals surface area (Å²) in [6, 6.07) is 11.1. The minimum atomic E-state index is -0.221. The number of carbonyl (C=O) groups excluding carboxylic acids is 1. The van der Waals surface area contributed by atoms with Crippen molar-refractivity contribution >= 4 is 34.8 Å². The fourth-order valence-corrected chi connectivity index (χ4v) is 5.26. The van der Waals surface area contributed by atoms with E-state index >= 15 is 0 Å². The summed E-state index contributed by atoms with van der Waals surface area (Å²) >= 11 is 6.12. The number of hydrogen-bond acceptors (Lipinski definition) is 4. The molecule has 2 fully saturated rings. The highest BCUT2D eigenvalue weighted by atomic mass is 35.5. The van der Waals surface area contributed by atoms with Crippen molar-refractivity contribution < 1.29 is 19.1 Å². The van der Waals surface area contributed by atoms with E-state index in [1.54, 1.807) is 19.2 Å². The Morgan fingerprint density at radius 1 is 1.07 bits per heavy atom. The lowest BCUT2D eigenvalue weighted by atomic mass is 9.97. The summed E-state index contributed by atoms with van der Waals surface area (Å²) in [5, 5.41) is 1.82. The fraction of sp³-hybridized carbons (Fsp3) is 0.375. The van der Waals surface area contributed by atoms with Gasteiger partial charge in [0, 0.05) is 10.6 Å². The molecule has 2 bridgehead atoms. The minimum Gasteiger partial charge on any atom is -0.493 e. The van der Waals surface area contributed by atoms with E-state index in [2.05, 4.69) is 0 Å². The first-order valence-electron chi connectivity index (χ1n) is 10.3. The van der Waals surface area contributed by atoms with Gasteiger partial charge in [-0.15, -0.1) is 0 Å². The van der Waals surface area contributed by atoms with Gasteiger partial charge in [-0.2, -0.15) is 5.06 Å². The maximum absolute atomic E-state index is 12.9. The smallest absolute Gasteiger partial charge is 0.282 e. The van der Waals surface area contributed by atoms with Gasteiger partial charge in [-0.25, -0.2) is 0 Å². The SMILES string of the molecule is COc1ccc(/C=C2/C(=O)N(OC)c3cc(Cl)ccc32)cc1O[C@H]1C[C@@H]2CC[C@H]1C2. The van der Waals surface area contributed by atoms with Gasteiger partial charge in [0.25, 0.3) is 5.91 Å². The van der Waals surface area contributed by atoms with Gasteiger partial charge in [0.1, 0.15) is 6.10 Å². The number of fused-ring (bicyclic) bond motifs is 3. The Balaban J connectivity index is 1.49. The second-order valence-corrected chi connectivity index (χ2v) is 8.68. The maximum atomic E-state index is 12.9. The molecule has 156 valence electrons. The molecule has 1 amide bonds. The summed E-state index contributed by atoms with van der Waals surface area (Å²) in [7, 11) is 3.12. The minimum absolute atomic E-state index is 0.221. The molecule has 0 spiro atoms. The zero-order valence-corrected chi connectivity index (χ0v) is 17.8. The van der Waals surface area contributed by atoms with E-state index in [0.717, 1.165) is 29.2 Å². The first kappa shape index (κ1) is 19.5. The van der Waals surface area contributed by atoms with Crippen LogP contribution in [0.15, 0.2) is 36.4 Å².